The SMILES string of the molecule is CCN(CC(F)(F)F)S(=O)(=O)c1ncccc1F. The summed E-state index contributed by atoms with van der Waals surface area (Å²) >= 11 is 0. The van der Waals surface area contributed by atoms with Crippen LogP contribution in [0.4, 0.5) is 17.6 Å². The number of halogens is 4. The van der Waals surface area contributed by atoms with Crippen molar-refractivity contribution < 1.29 is 26.0 Å². The van der Waals surface area contributed by atoms with Gasteiger partial charge in [0, 0.05) is 12.7 Å². The highest BCUT2D eigenvalue weighted by Gasteiger charge is 2.37. The fourth-order valence-corrected chi connectivity index (χ4v) is 2.66. The van der Waals surface area contributed by atoms with Crippen molar-refractivity contribution in [3.8, 4) is 0 Å². The van der Waals surface area contributed by atoms with Crippen LogP contribution in [0.1, 0.15) is 6.92 Å². The lowest BCUT2D eigenvalue weighted by atomic mass is 10.5. The molecule has 0 radical (unpaired) electrons. The van der Waals surface area contributed by atoms with E-state index in [9.17, 15) is 26.0 Å². The first-order valence-corrected chi connectivity index (χ1v) is 6.30. The third-order valence-electron chi connectivity index (χ3n) is 2.02. The molecule has 0 saturated heterocycles. The Labute approximate surface area is 101 Å². The molecule has 18 heavy (non-hydrogen) atoms. The summed E-state index contributed by atoms with van der Waals surface area (Å²) in [5.41, 5.74) is 0. The average Bonchev–Trinajstić information content (AvgIpc) is 2.24. The molecular formula is C9H10F4N2O2S. The molecule has 0 fully saturated rings. The smallest absolute Gasteiger partial charge is 0.241 e. The molecule has 0 N–H and O–H groups in total. The van der Waals surface area contributed by atoms with E-state index < -0.39 is 40.1 Å². The van der Waals surface area contributed by atoms with Gasteiger partial charge in [-0.1, -0.05) is 6.92 Å². The van der Waals surface area contributed by atoms with Gasteiger partial charge in [-0.05, 0) is 12.1 Å². The van der Waals surface area contributed by atoms with Crippen molar-refractivity contribution >= 4 is 10.0 Å². The van der Waals surface area contributed by atoms with Crippen LogP contribution in [0.5, 0.6) is 0 Å². The van der Waals surface area contributed by atoms with Crippen LogP contribution < -0.4 is 0 Å². The highest BCUT2D eigenvalue weighted by molar-refractivity contribution is 7.89. The zero-order valence-corrected chi connectivity index (χ0v) is 10.1. The van der Waals surface area contributed by atoms with E-state index in [0.717, 1.165) is 18.3 Å². The van der Waals surface area contributed by atoms with Crippen molar-refractivity contribution in [3.05, 3.63) is 24.1 Å². The van der Waals surface area contributed by atoms with Gasteiger partial charge >= 0.3 is 6.18 Å². The molecule has 0 aliphatic heterocycles. The van der Waals surface area contributed by atoms with Gasteiger partial charge in [0.25, 0.3) is 10.0 Å². The minimum atomic E-state index is -4.70. The van der Waals surface area contributed by atoms with Crippen LogP contribution in [0.3, 0.4) is 0 Å². The van der Waals surface area contributed by atoms with E-state index in [1.54, 1.807) is 0 Å². The predicted octanol–water partition coefficient (Wildman–Crippen LogP) is 1.79. The fraction of sp³-hybridized carbons (Fsp3) is 0.444. The van der Waals surface area contributed by atoms with Gasteiger partial charge in [0.2, 0.25) is 5.03 Å². The third-order valence-corrected chi connectivity index (χ3v) is 3.87. The molecule has 1 aromatic rings. The normalized spacial score (nSPS) is 13.0. The molecule has 0 aliphatic rings. The Balaban J connectivity index is 3.16. The van der Waals surface area contributed by atoms with Crippen molar-refractivity contribution in [3.63, 3.8) is 0 Å². The third kappa shape index (κ3) is 3.39. The maximum atomic E-state index is 13.3. The van der Waals surface area contributed by atoms with Crippen molar-refractivity contribution in [2.45, 2.75) is 18.1 Å². The molecule has 0 aliphatic carbocycles. The Morgan fingerprint density at radius 3 is 2.44 bits per heavy atom. The summed E-state index contributed by atoms with van der Waals surface area (Å²) < 4.78 is 73.6. The molecule has 0 atom stereocenters. The molecule has 1 heterocycles. The summed E-state index contributed by atoms with van der Waals surface area (Å²) in [6.45, 7) is -0.885. The monoisotopic (exact) mass is 286 g/mol. The minimum absolute atomic E-state index is 0.123. The predicted molar refractivity (Wildman–Crippen MR) is 54.7 cm³/mol. The van der Waals surface area contributed by atoms with Gasteiger partial charge in [0.05, 0.1) is 0 Å². The first kappa shape index (κ1) is 14.8. The fourth-order valence-electron chi connectivity index (χ4n) is 1.25. The van der Waals surface area contributed by atoms with Crippen LogP contribution in [0.15, 0.2) is 23.4 Å². The van der Waals surface area contributed by atoms with Crippen molar-refractivity contribution in [2.75, 3.05) is 13.1 Å². The number of pyridine rings is 1. The molecule has 0 aromatic carbocycles. The maximum absolute atomic E-state index is 13.3. The lowest BCUT2D eigenvalue weighted by Gasteiger charge is -2.21. The standard InChI is InChI=1S/C9H10F4N2O2S/c1-2-15(6-9(11,12)13)18(16,17)8-7(10)4-3-5-14-8/h3-5H,2,6H2,1H3. The summed E-state index contributed by atoms with van der Waals surface area (Å²) in [6.07, 6.45) is -3.70. The van der Waals surface area contributed by atoms with Crippen LogP contribution in [0.25, 0.3) is 0 Å². The van der Waals surface area contributed by atoms with E-state index in [1.165, 1.54) is 6.92 Å². The molecule has 0 spiro atoms. The van der Waals surface area contributed by atoms with Crippen molar-refractivity contribution in [2.24, 2.45) is 0 Å². The van der Waals surface area contributed by atoms with Gasteiger partial charge in [-0.15, -0.1) is 0 Å². The average molecular weight is 286 g/mol. The molecule has 102 valence electrons. The zero-order valence-electron chi connectivity index (χ0n) is 9.28. The van der Waals surface area contributed by atoms with Gasteiger partial charge in [0.1, 0.15) is 6.54 Å². The molecule has 0 unspecified atom stereocenters. The quantitative estimate of drug-likeness (QED) is 0.793. The van der Waals surface area contributed by atoms with Crippen molar-refractivity contribution in [1.29, 1.82) is 0 Å². The first-order chi connectivity index (χ1) is 8.18. The first-order valence-electron chi connectivity index (χ1n) is 4.86. The molecule has 0 saturated carbocycles. The van der Waals surface area contributed by atoms with E-state index >= 15 is 0 Å². The largest absolute Gasteiger partial charge is 0.402 e. The second-order valence-electron chi connectivity index (χ2n) is 3.34. The Bertz CT molecular complexity index is 516. The van der Waals surface area contributed by atoms with Crippen LogP contribution >= 0.6 is 0 Å². The summed E-state index contributed by atoms with van der Waals surface area (Å²) in [6, 6.07) is 1.97. The van der Waals surface area contributed by atoms with Gasteiger partial charge in [-0.3, -0.25) is 0 Å². The number of sulfonamides is 1. The van der Waals surface area contributed by atoms with Gasteiger partial charge in [-0.25, -0.2) is 17.8 Å². The van der Waals surface area contributed by atoms with E-state index in [-0.39, 0.29) is 4.31 Å². The van der Waals surface area contributed by atoms with Gasteiger partial charge in [0.15, 0.2) is 5.82 Å². The highest BCUT2D eigenvalue weighted by atomic mass is 32.2. The molecule has 1 rings (SSSR count). The summed E-state index contributed by atoms with van der Waals surface area (Å²) in [7, 11) is -4.59. The number of alkyl halides is 3. The van der Waals surface area contributed by atoms with E-state index in [2.05, 4.69) is 4.98 Å². The van der Waals surface area contributed by atoms with E-state index in [1.807, 2.05) is 0 Å². The lowest BCUT2D eigenvalue weighted by molar-refractivity contribution is -0.135. The molecule has 0 amide bonds. The maximum Gasteiger partial charge on any atom is 0.402 e. The summed E-state index contributed by atoms with van der Waals surface area (Å²) in [5.74, 6) is -1.18. The van der Waals surface area contributed by atoms with Crippen LogP contribution in [-0.2, 0) is 10.0 Å². The van der Waals surface area contributed by atoms with E-state index in [0.29, 0.717) is 0 Å². The van der Waals surface area contributed by atoms with Crippen LogP contribution in [-0.4, -0.2) is 37.0 Å². The molecule has 1 aromatic heterocycles. The number of aromatic nitrogens is 1. The number of rotatable bonds is 4. The Morgan fingerprint density at radius 1 is 1.39 bits per heavy atom. The molecule has 4 nitrogen and oxygen atoms in total. The number of nitrogens with zero attached hydrogens (tertiary/aromatic N) is 2. The highest BCUT2D eigenvalue weighted by Crippen LogP contribution is 2.22. The van der Waals surface area contributed by atoms with Gasteiger partial charge < -0.3 is 0 Å². The zero-order chi connectivity index (χ0) is 14.0. The number of hydrogen-bond acceptors (Lipinski definition) is 3. The van der Waals surface area contributed by atoms with Crippen molar-refractivity contribution in [1.82, 2.24) is 9.29 Å². The van der Waals surface area contributed by atoms with Crippen LogP contribution in [0.2, 0.25) is 0 Å². The van der Waals surface area contributed by atoms with E-state index in [4.69, 9.17) is 0 Å². The Morgan fingerprint density at radius 2 is 2.00 bits per heavy atom. The summed E-state index contributed by atoms with van der Waals surface area (Å²) in [4.78, 5) is 3.28. The summed E-state index contributed by atoms with van der Waals surface area (Å²) in [5, 5.41) is -1.00. The van der Waals surface area contributed by atoms with Gasteiger partial charge in [-0.2, -0.15) is 17.5 Å². The lowest BCUT2D eigenvalue weighted by Crippen LogP contribution is -2.39. The number of hydrogen-bond donors (Lipinski definition) is 0. The molecular weight excluding hydrogens is 276 g/mol. The Kier molecular flexibility index (Phi) is 4.28. The second kappa shape index (κ2) is 5.19. The topological polar surface area (TPSA) is 50.3 Å². The second-order valence-corrected chi connectivity index (χ2v) is 5.19. The van der Waals surface area contributed by atoms with Crippen LogP contribution in [0, 0.1) is 5.82 Å². The molecule has 9 heteroatoms. The minimum Gasteiger partial charge on any atom is -0.241 e. The Hall–Kier alpha value is -1.22. The molecule has 0 bridgehead atoms.